The lowest BCUT2D eigenvalue weighted by molar-refractivity contribution is -0.146. The van der Waals surface area contributed by atoms with Crippen LogP contribution in [0.2, 0.25) is 0 Å². The Labute approximate surface area is 105 Å². The third kappa shape index (κ3) is 5.54. The summed E-state index contributed by atoms with van der Waals surface area (Å²) in [6, 6.07) is 0. The molecule has 17 heavy (non-hydrogen) atoms. The average Bonchev–Trinajstić information content (AvgIpc) is 2.13. The summed E-state index contributed by atoms with van der Waals surface area (Å²) in [5.41, 5.74) is -0.146. The first-order chi connectivity index (χ1) is 7.72. The van der Waals surface area contributed by atoms with E-state index in [1.54, 1.807) is 0 Å². The van der Waals surface area contributed by atoms with Crippen molar-refractivity contribution in [1.82, 2.24) is 4.90 Å². The van der Waals surface area contributed by atoms with Gasteiger partial charge in [-0.15, -0.1) is 0 Å². The van der Waals surface area contributed by atoms with Crippen LogP contribution in [0.15, 0.2) is 0 Å². The van der Waals surface area contributed by atoms with Crippen LogP contribution in [-0.4, -0.2) is 48.0 Å². The van der Waals surface area contributed by atoms with Crippen LogP contribution >= 0.6 is 0 Å². The van der Waals surface area contributed by atoms with Crippen molar-refractivity contribution in [3.05, 3.63) is 0 Å². The number of ether oxygens (including phenoxy) is 1. The molecule has 1 saturated heterocycles. The number of nitrogens with zero attached hydrogens (tertiary/aromatic N) is 1. The summed E-state index contributed by atoms with van der Waals surface area (Å²) < 4.78 is 5.76. The van der Waals surface area contributed by atoms with E-state index in [1.807, 2.05) is 0 Å². The normalized spacial score (nSPS) is 25.2. The van der Waals surface area contributed by atoms with Crippen molar-refractivity contribution in [2.75, 3.05) is 26.2 Å². The predicted octanol–water partition coefficient (Wildman–Crippen LogP) is 1.51. The fourth-order valence-electron chi connectivity index (χ4n) is 2.05. The Hall–Kier alpha value is -0.560. The number of aliphatic hydroxyl groups excluding tert-OH is 1. The van der Waals surface area contributed by atoms with Gasteiger partial charge in [0.05, 0.1) is 24.9 Å². The highest BCUT2D eigenvalue weighted by Gasteiger charge is 2.32. The number of morpholine rings is 1. The van der Waals surface area contributed by atoms with Crippen LogP contribution in [0.4, 0.5) is 0 Å². The molecule has 1 aliphatic rings. The largest absolute Gasteiger partial charge is 0.394 e. The molecule has 1 aliphatic heterocycles. The fraction of sp³-hybridized carbons (Fsp3) is 0.857. The van der Waals surface area contributed by atoms with Gasteiger partial charge >= 0.3 is 0 Å². The molecular formula is C14H25NO2. The molecule has 0 aromatic carbocycles. The lowest BCUT2D eigenvalue weighted by Gasteiger charge is -2.41. The van der Waals surface area contributed by atoms with E-state index in [0.29, 0.717) is 0 Å². The lowest BCUT2D eigenvalue weighted by Crippen LogP contribution is -2.53. The molecule has 0 aromatic rings. The fourth-order valence-corrected chi connectivity index (χ4v) is 2.05. The molecule has 98 valence electrons. The van der Waals surface area contributed by atoms with Crippen molar-refractivity contribution in [3.8, 4) is 11.8 Å². The zero-order valence-corrected chi connectivity index (χ0v) is 11.7. The molecule has 3 heteroatoms. The molecule has 1 N–H and O–H groups in total. The van der Waals surface area contributed by atoms with Crippen LogP contribution in [0.3, 0.4) is 0 Å². The Morgan fingerprint density at radius 3 is 2.59 bits per heavy atom. The van der Waals surface area contributed by atoms with Gasteiger partial charge in [0.1, 0.15) is 0 Å². The Balaban J connectivity index is 2.55. The van der Waals surface area contributed by atoms with Gasteiger partial charge in [0.2, 0.25) is 0 Å². The quantitative estimate of drug-likeness (QED) is 0.741. The van der Waals surface area contributed by atoms with Crippen LogP contribution < -0.4 is 0 Å². The molecule has 1 atom stereocenters. The van der Waals surface area contributed by atoms with Crippen molar-refractivity contribution >= 4 is 0 Å². The highest BCUT2D eigenvalue weighted by atomic mass is 16.5. The minimum Gasteiger partial charge on any atom is -0.394 e. The summed E-state index contributed by atoms with van der Waals surface area (Å²) in [6.45, 7) is 12.9. The number of rotatable bonds is 2. The molecule has 0 amide bonds. The topological polar surface area (TPSA) is 32.7 Å². The molecule has 0 spiro atoms. The summed E-state index contributed by atoms with van der Waals surface area (Å²) >= 11 is 0. The van der Waals surface area contributed by atoms with Crippen LogP contribution in [0, 0.1) is 17.3 Å². The van der Waals surface area contributed by atoms with E-state index in [-0.39, 0.29) is 23.7 Å². The molecular weight excluding hydrogens is 214 g/mol. The third-order valence-electron chi connectivity index (χ3n) is 2.52. The average molecular weight is 239 g/mol. The van der Waals surface area contributed by atoms with Crippen LogP contribution in [0.5, 0.6) is 0 Å². The van der Waals surface area contributed by atoms with Gasteiger partial charge in [-0.3, -0.25) is 4.90 Å². The van der Waals surface area contributed by atoms with Gasteiger partial charge < -0.3 is 9.84 Å². The first kappa shape index (κ1) is 14.5. The van der Waals surface area contributed by atoms with Gasteiger partial charge in [-0.05, 0) is 34.6 Å². The predicted molar refractivity (Wildman–Crippen MR) is 69.7 cm³/mol. The van der Waals surface area contributed by atoms with Crippen molar-refractivity contribution in [2.24, 2.45) is 5.41 Å². The maximum atomic E-state index is 9.21. The Kier molecular flexibility index (Phi) is 4.60. The summed E-state index contributed by atoms with van der Waals surface area (Å²) in [5, 5.41) is 9.21. The molecule has 1 rings (SSSR count). The monoisotopic (exact) mass is 239 g/mol. The zero-order chi connectivity index (χ0) is 13.1. The second-order valence-electron chi connectivity index (χ2n) is 6.40. The van der Waals surface area contributed by atoms with E-state index in [2.05, 4.69) is 51.4 Å². The van der Waals surface area contributed by atoms with Crippen molar-refractivity contribution in [2.45, 2.75) is 46.3 Å². The summed E-state index contributed by atoms with van der Waals surface area (Å²) in [7, 11) is 0. The Morgan fingerprint density at radius 1 is 1.41 bits per heavy atom. The maximum Gasteiger partial charge on any atom is 0.0940 e. The highest BCUT2D eigenvalue weighted by molar-refractivity contribution is 5.09. The highest BCUT2D eigenvalue weighted by Crippen LogP contribution is 2.20. The van der Waals surface area contributed by atoms with E-state index in [4.69, 9.17) is 4.74 Å². The molecule has 0 aromatic heterocycles. The van der Waals surface area contributed by atoms with Crippen LogP contribution in [0.1, 0.15) is 34.6 Å². The van der Waals surface area contributed by atoms with Crippen molar-refractivity contribution in [1.29, 1.82) is 0 Å². The number of hydrogen-bond donors (Lipinski definition) is 1. The number of aliphatic hydroxyl groups is 1. The van der Waals surface area contributed by atoms with Gasteiger partial charge in [0.25, 0.3) is 0 Å². The Bertz CT molecular complexity index is 306. The Morgan fingerprint density at radius 2 is 2.06 bits per heavy atom. The molecule has 0 aliphatic carbocycles. The molecule has 1 unspecified atom stereocenters. The minimum absolute atomic E-state index is 0.0538. The summed E-state index contributed by atoms with van der Waals surface area (Å²) in [5.74, 6) is 6.45. The molecule has 1 fully saturated rings. The van der Waals surface area contributed by atoms with Crippen LogP contribution in [-0.2, 0) is 4.74 Å². The first-order valence-electron chi connectivity index (χ1n) is 6.23. The first-order valence-corrected chi connectivity index (χ1v) is 6.23. The molecule has 0 bridgehead atoms. The lowest BCUT2D eigenvalue weighted by atomic mass is 9.98. The van der Waals surface area contributed by atoms with E-state index in [1.165, 1.54) is 0 Å². The van der Waals surface area contributed by atoms with E-state index in [0.717, 1.165) is 19.6 Å². The smallest absolute Gasteiger partial charge is 0.0940 e. The molecule has 0 saturated carbocycles. The SMILES string of the molecule is CC(C)(C)C#CCN1CC(CO)OC(C)(C)C1. The van der Waals surface area contributed by atoms with Crippen molar-refractivity contribution in [3.63, 3.8) is 0 Å². The molecule has 0 radical (unpaired) electrons. The van der Waals surface area contributed by atoms with E-state index < -0.39 is 0 Å². The molecule has 3 nitrogen and oxygen atoms in total. The third-order valence-corrected chi connectivity index (χ3v) is 2.52. The second-order valence-corrected chi connectivity index (χ2v) is 6.40. The van der Waals surface area contributed by atoms with E-state index in [9.17, 15) is 5.11 Å². The standard InChI is InChI=1S/C14H25NO2/c1-13(2,3)7-6-8-15-9-12(10-16)17-14(4,5)11-15/h12,16H,8-11H2,1-5H3. The van der Waals surface area contributed by atoms with Gasteiger partial charge in [-0.2, -0.15) is 0 Å². The summed E-state index contributed by atoms with van der Waals surface area (Å²) in [4.78, 5) is 2.25. The number of hydrogen-bond acceptors (Lipinski definition) is 3. The second kappa shape index (κ2) is 5.39. The maximum absolute atomic E-state index is 9.21. The van der Waals surface area contributed by atoms with Gasteiger partial charge in [0, 0.05) is 18.5 Å². The van der Waals surface area contributed by atoms with Gasteiger partial charge in [-0.1, -0.05) is 11.8 Å². The van der Waals surface area contributed by atoms with Gasteiger partial charge in [0.15, 0.2) is 0 Å². The molecule has 1 heterocycles. The van der Waals surface area contributed by atoms with Crippen molar-refractivity contribution < 1.29 is 9.84 Å². The van der Waals surface area contributed by atoms with Crippen LogP contribution in [0.25, 0.3) is 0 Å². The zero-order valence-electron chi connectivity index (χ0n) is 11.7. The van der Waals surface area contributed by atoms with Gasteiger partial charge in [-0.25, -0.2) is 0 Å². The summed E-state index contributed by atoms with van der Waals surface area (Å²) in [6.07, 6.45) is -0.0878. The minimum atomic E-state index is -0.199. The van der Waals surface area contributed by atoms with E-state index >= 15 is 0 Å².